The van der Waals surface area contributed by atoms with Crippen LogP contribution in [0, 0.1) is 10.1 Å². The summed E-state index contributed by atoms with van der Waals surface area (Å²) in [7, 11) is 0. The SMILES string of the molecule is Cl.O=C([C@H](Cc1ccccc1)NCc1ccc([N+](=O)[O-])cc1)N1CCSCC1. The van der Waals surface area contributed by atoms with E-state index in [1.165, 1.54) is 12.1 Å². The van der Waals surface area contributed by atoms with Crippen molar-refractivity contribution in [2.24, 2.45) is 0 Å². The van der Waals surface area contributed by atoms with E-state index in [1.807, 2.05) is 47.0 Å². The molecule has 6 nitrogen and oxygen atoms in total. The zero-order chi connectivity index (χ0) is 19.1. The van der Waals surface area contributed by atoms with Crippen molar-refractivity contribution in [3.63, 3.8) is 0 Å². The van der Waals surface area contributed by atoms with Crippen molar-refractivity contribution >= 4 is 35.8 Å². The van der Waals surface area contributed by atoms with Gasteiger partial charge in [0, 0.05) is 43.3 Å². The van der Waals surface area contributed by atoms with Gasteiger partial charge < -0.3 is 10.2 Å². The molecule has 0 aliphatic carbocycles. The number of nitro groups is 1. The Balaban J connectivity index is 0.00000280. The maximum Gasteiger partial charge on any atom is 0.269 e. The minimum Gasteiger partial charge on any atom is -0.340 e. The highest BCUT2D eigenvalue weighted by Gasteiger charge is 2.25. The Hall–Kier alpha value is -2.09. The number of benzene rings is 2. The van der Waals surface area contributed by atoms with Gasteiger partial charge in [-0.3, -0.25) is 14.9 Å². The average Bonchev–Trinajstić information content (AvgIpc) is 2.72. The van der Waals surface area contributed by atoms with E-state index in [1.54, 1.807) is 12.1 Å². The molecule has 1 N–H and O–H groups in total. The molecule has 8 heteroatoms. The third-order valence-corrected chi connectivity index (χ3v) is 5.55. The molecule has 1 aliphatic rings. The molecule has 0 radical (unpaired) electrons. The molecule has 150 valence electrons. The standard InChI is InChI=1S/C20H23N3O3S.ClH/c24-20(22-10-12-27-13-11-22)19(14-16-4-2-1-3-5-16)21-15-17-6-8-18(9-7-17)23(25)26;/h1-9,19,21H,10-15H2;1H/t19-;/m0./s1. The van der Waals surface area contributed by atoms with Crippen LogP contribution in [-0.2, 0) is 17.8 Å². The Bertz CT molecular complexity index is 768. The van der Waals surface area contributed by atoms with Crippen LogP contribution in [0.25, 0.3) is 0 Å². The van der Waals surface area contributed by atoms with Crippen LogP contribution in [0.3, 0.4) is 0 Å². The molecule has 0 bridgehead atoms. The highest BCUT2D eigenvalue weighted by atomic mass is 35.5. The molecule has 1 fully saturated rings. The second-order valence-corrected chi connectivity index (χ2v) is 7.71. The molecule has 0 aromatic heterocycles. The number of halogens is 1. The van der Waals surface area contributed by atoms with Crippen LogP contribution >= 0.6 is 24.2 Å². The minimum absolute atomic E-state index is 0. The topological polar surface area (TPSA) is 75.5 Å². The number of carbonyl (C=O) groups excluding carboxylic acids is 1. The van der Waals surface area contributed by atoms with E-state index in [0.29, 0.717) is 13.0 Å². The summed E-state index contributed by atoms with van der Waals surface area (Å²) in [4.78, 5) is 25.3. The molecule has 2 aromatic carbocycles. The van der Waals surface area contributed by atoms with Gasteiger partial charge in [0.05, 0.1) is 11.0 Å². The maximum atomic E-state index is 13.0. The van der Waals surface area contributed by atoms with E-state index < -0.39 is 4.92 Å². The normalized spacial score (nSPS) is 14.8. The highest BCUT2D eigenvalue weighted by Crippen LogP contribution is 2.15. The lowest BCUT2D eigenvalue weighted by Crippen LogP contribution is -2.50. The van der Waals surface area contributed by atoms with Gasteiger partial charge in [-0.1, -0.05) is 42.5 Å². The quantitative estimate of drug-likeness (QED) is 0.548. The molecule has 2 aromatic rings. The second-order valence-electron chi connectivity index (χ2n) is 6.48. The van der Waals surface area contributed by atoms with Gasteiger partial charge in [-0.25, -0.2) is 0 Å². The van der Waals surface area contributed by atoms with Crippen molar-refractivity contribution < 1.29 is 9.72 Å². The van der Waals surface area contributed by atoms with Gasteiger partial charge in [0.15, 0.2) is 0 Å². The Morgan fingerprint density at radius 2 is 1.71 bits per heavy atom. The Kier molecular flexibility index (Phi) is 8.76. The fraction of sp³-hybridized carbons (Fsp3) is 0.350. The Morgan fingerprint density at radius 1 is 1.07 bits per heavy atom. The van der Waals surface area contributed by atoms with Crippen molar-refractivity contribution in [3.8, 4) is 0 Å². The smallest absolute Gasteiger partial charge is 0.269 e. The molecule has 1 atom stereocenters. The largest absolute Gasteiger partial charge is 0.340 e. The number of hydrogen-bond acceptors (Lipinski definition) is 5. The van der Waals surface area contributed by atoms with E-state index in [2.05, 4.69) is 5.32 Å². The van der Waals surface area contributed by atoms with Gasteiger partial charge in [-0.15, -0.1) is 12.4 Å². The molecule has 0 unspecified atom stereocenters. The fourth-order valence-electron chi connectivity index (χ4n) is 3.08. The second kappa shape index (κ2) is 11.0. The number of thioether (sulfide) groups is 1. The van der Waals surface area contributed by atoms with Gasteiger partial charge >= 0.3 is 0 Å². The van der Waals surface area contributed by atoms with Gasteiger partial charge in [0.2, 0.25) is 5.91 Å². The summed E-state index contributed by atoms with van der Waals surface area (Å²) in [6.45, 7) is 2.06. The summed E-state index contributed by atoms with van der Waals surface area (Å²) < 4.78 is 0. The molecule has 3 rings (SSSR count). The predicted molar refractivity (Wildman–Crippen MR) is 115 cm³/mol. The van der Waals surface area contributed by atoms with Crippen LogP contribution < -0.4 is 5.32 Å². The van der Waals surface area contributed by atoms with E-state index in [9.17, 15) is 14.9 Å². The van der Waals surface area contributed by atoms with Crippen LogP contribution in [0.2, 0.25) is 0 Å². The first kappa shape index (κ1) is 22.2. The zero-order valence-electron chi connectivity index (χ0n) is 15.5. The number of hydrogen-bond donors (Lipinski definition) is 1. The molecule has 1 aliphatic heterocycles. The van der Waals surface area contributed by atoms with Crippen molar-refractivity contribution in [1.29, 1.82) is 0 Å². The van der Waals surface area contributed by atoms with Crippen LogP contribution in [0.1, 0.15) is 11.1 Å². The van der Waals surface area contributed by atoms with E-state index in [-0.39, 0.29) is 30.0 Å². The maximum absolute atomic E-state index is 13.0. The number of nitro benzene ring substituents is 1. The molecular weight excluding hydrogens is 398 g/mol. The molecule has 0 spiro atoms. The van der Waals surface area contributed by atoms with Crippen LogP contribution in [0.15, 0.2) is 54.6 Å². The summed E-state index contributed by atoms with van der Waals surface area (Å²) in [5.74, 6) is 2.08. The lowest BCUT2D eigenvalue weighted by molar-refractivity contribution is -0.384. The van der Waals surface area contributed by atoms with Crippen LogP contribution in [0.4, 0.5) is 5.69 Å². The van der Waals surface area contributed by atoms with Crippen molar-refractivity contribution in [2.75, 3.05) is 24.6 Å². The summed E-state index contributed by atoms with van der Waals surface area (Å²) in [5.41, 5.74) is 2.10. The van der Waals surface area contributed by atoms with E-state index >= 15 is 0 Å². The number of amides is 1. The number of nitrogens with one attached hydrogen (secondary N) is 1. The predicted octanol–water partition coefficient (Wildman–Crippen LogP) is 3.29. The first-order chi connectivity index (χ1) is 13.1. The summed E-state index contributed by atoms with van der Waals surface area (Å²) >= 11 is 1.88. The van der Waals surface area contributed by atoms with Gasteiger partial charge in [0.1, 0.15) is 0 Å². The monoisotopic (exact) mass is 421 g/mol. The third-order valence-electron chi connectivity index (χ3n) is 4.60. The summed E-state index contributed by atoms with van der Waals surface area (Å²) in [6.07, 6.45) is 0.621. The van der Waals surface area contributed by atoms with Crippen molar-refractivity contribution in [2.45, 2.75) is 19.0 Å². The molecule has 28 heavy (non-hydrogen) atoms. The summed E-state index contributed by atoms with van der Waals surface area (Å²) in [6, 6.07) is 16.1. The molecule has 1 heterocycles. The Morgan fingerprint density at radius 3 is 2.32 bits per heavy atom. The first-order valence-corrected chi connectivity index (χ1v) is 10.2. The van der Waals surface area contributed by atoms with Crippen LogP contribution in [-0.4, -0.2) is 46.4 Å². The van der Waals surface area contributed by atoms with Crippen LogP contribution in [0.5, 0.6) is 0 Å². The molecule has 1 amide bonds. The zero-order valence-corrected chi connectivity index (χ0v) is 17.1. The summed E-state index contributed by atoms with van der Waals surface area (Å²) in [5, 5.41) is 14.1. The lowest BCUT2D eigenvalue weighted by atomic mass is 10.0. The third kappa shape index (κ3) is 6.22. The number of rotatable bonds is 7. The van der Waals surface area contributed by atoms with E-state index in [4.69, 9.17) is 0 Å². The number of nitrogens with zero attached hydrogens (tertiary/aromatic N) is 2. The fourth-order valence-corrected chi connectivity index (χ4v) is 3.98. The molecular formula is C20H24ClN3O3S. The molecule has 0 saturated carbocycles. The number of carbonyl (C=O) groups is 1. The number of non-ortho nitro benzene ring substituents is 1. The first-order valence-electron chi connectivity index (χ1n) is 9.00. The Labute approximate surface area is 175 Å². The highest BCUT2D eigenvalue weighted by molar-refractivity contribution is 7.99. The van der Waals surface area contributed by atoms with Gasteiger partial charge in [-0.2, -0.15) is 11.8 Å². The average molecular weight is 422 g/mol. The van der Waals surface area contributed by atoms with Gasteiger partial charge in [0.25, 0.3) is 5.69 Å². The van der Waals surface area contributed by atoms with E-state index in [0.717, 1.165) is 35.7 Å². The minimum atomic E-state index is -0.409. The van der Waals surface area contributed by atoms with Crippen molar-refractivity contribution in [3.05, 3.63) is 75.8 Å². The molecule has 1 saturated heterocycles. The lowest BCUT2D eigenvalue weighted by Gasteiger charge is -2.30. The van der Waals surface area contributed by atoms with Gasteiger partial charge in [-0.05, 0) is 17.5 Å². The van der Waals surface area contributed by atoms with Crippen molar-refractivity contribution in [1.82, 2.24) is 10.2 Å².